The predicted octanol–water partition coefficient (Wildman–Crippen LogP) is 1.98. The summed E-state index contributed by atoms with van der Waals surface area (Å²) in [6, 6.07) is 0. The number of fused-ring (bicyclic) bond motifs is 1. The quantitative estimate of drug-likeness (QED) is 0.570. The van der Waals surface area contributed by atoms with E-state index in [0.29, 0.717) is 10.9 Å². The molecule has 1 heterocycles. The third-order valence-electron chi connectivity index (χ3n) is 1.69. The van der Waals surface area contributed by atoms with Gasteiger partial charge >= 0.3 is 0 Å². The monoisotopic (exact) mass is 155 g/mol. The molecule has 0 aromatic rings. The molecule has 10 heavy (non-hydrogen) atoms. The van der Waals surface area contributed by atoms with Crippen molar-refractivity contribution in [1.29, 1.82) is 0 Å². The average Bonchev–Trinajstić information content (AvgIpc) is 2.21. The lowest BCUT2D eigenvalue weighted by atomic mass is 10.1. The summed E-state index contributed by atoms with van der Waals surface area (Å²) in [6.45, 7) is 0. The lowest BCUT2D eigenvalue weighted by Gasteiger charge is -1.94. The average molecular weight is 156 g/mol. The first-order chi connectivity index (χ1) is 4.75. The summed E-state index contributed by atoms with van der Waals surface area (Å²) in [6.07, 6.45) is 4.17. The van der Waals surface area contributed by atoms with E-state index < -0.39 is 0 Å². The van der Waals surface area contributed by atoms with Crippen LogP contribution in [0.15, 0.2) is 28.6 Å². The molecule has 0 saturated carbocycles. The van der Waals surface area contributed by atoms with Crippen LogP contribution < -0.4 is 0 Å². The molecule has 1 N–H and O–H groups in total. The summed E-state index contributed by atoms with van der Waals surface area (Å²) in [5.74, 6) is 0.556. The Labute approximate surface area is 63.5 Å². The molecule has 1 unspecified atom stereocenters. The number of aliphatic hydroxyl groups excluding tert-OH is 1. The van der Waals surface area contributed by atoms with E-state index in [2.05, 4.69) is 4.99 Å². The van der Waals surface area contributed by atoms with Crippen LogP contribution >= 0.6 is 11.6 Å². The van der Waals surface area contributed by atoms with Gasteiger partial charge in [-0.2, -0.15) is 0 Å². The zero-order valence-electron chi connectivity index (χ0n) is 5.21. The predicted molar refractivity (Wildman–Crippen MR) is 40.2 cm³/mol. The molecule has 0 bridgehead atoms. The van der Waals surface area contributed by atoms with Crippen LogP contribution in [0.5, 0.6) is 0 Å². The van der Waals surface area contributed by atoms with Gasteiger partial charge in [0.2, 0.25) is 0 Å². The molecule has 1 aliphatic heterocycles. The van der Waals surface area contributed by atoms with Crippen LogP contribution in [0.2, 0.25) is 0 Å². The van der Waals surface area contributed by atoms with E-state index in [1.807, 2.05) is 0 Å². The van der Waals surface area contributed by atoms with E-state index in [-0.39, 0.29) is 5.92 Å². The Balaban J connectivity index is 2.34. The summed E-state index contributed by atoms with van der Waals surface area (Å²) in [4.78, 5) is 4.03. The summed E-state index contributed by atoms with van der Waals surface area (Å²) in [7, 11) is 0. The fraction of sp³-hybridized carbons (Fsp3) is 0.286. The highest BCUT2D eigenvalue weighted by Gasteiger charge is 2.25. The molecule has 52 valence electrons. The fourth-order valence-corrected chi connectivity index (χ4v) is 1.51. The van der Waals surface area contributed by atoms with Crippen LogP contribution in [-0.2, 0) is 0 Å². The SMILES string of the molecule is OC1=CC2CC(Cl)=NC2=C1. The number of halogens is 1. The van der Waals surface area contributed by atoms with Crippen LogP contribution in [0.3, 0.4) is 0 Å². The van der Waals surface area contributed by atoms with E-state index in [1.54, 1.807) is 12.2 Å². The van der Waals surface area contributed by atoms with Crippen LogP contribution in [0, 0.1) is 5.92 Å². The van der Waals surface area contributed by atoms with Crippen molar-refractivity contribution in [2.45, 2.75) is 6.42 Å². The third-order valence-corrected chi connectivity index (χ3v) is 1.93. The molecule has 0 saturated heterocycles. The van der Waals surface area contributed by atoms with Crippen molar-refractivity contribution in [2.24, 2.45) is 10.9 Å². The first-order valence-corrected chi connectivity index (χ1v) is 3.49. The largest absolute Gasteiger partial charge is 0.508 e. The molecule has 0 spiro atoms. The molecule has 0 fully saturated rings. The van der Waals surface area contributed by atoms with Crippen molar-refractivity contribution < 1.29 is 5.11 Å². The number of aliphatic imine (C=N–C) groups is 1. The summed E-state index contributed by atoms with van der Waals surface area (Å²) >= 11 is 5.66. The molecule has 0 amide bonds. The number of aliphatic hydroxyl groups is 1. The van der Waals surface area contributed by atoms with Crippen LogP contribution in [0.1, 0.15) is 6.42 Å². The van der Waals surface area contributed by atoms with Crippen molar-refractivity contribution in [3.8, 4) is 0 Å². The van der Waals surface area contributed by atoms with Crippen molar-refractivity contribution in [3.05, 3.63) is 23.6 Å². The lowest BCUT2D eigenvalue weighted by Crippen LogP contribution is -1.89. The summed E-state index contributed by atoms with van der Waals surface area (Å²) < 4.78 is 0. The number of hydrogen-bond acceptors (Lipinski definition) is 2. The van der Waals surface area contributed by atoms with Gasteiger partial charge in [-0.1, -0.05) is 11.6 Å². The maximum Gasteiger partial charge on any atom is 0.114 e. The van der Waals surface area contributed by atoms with Gasteiger partial charge in [0.1, 0.15) is 10.9 Å². The Bertz CT molecular complexity index is 265. The van der Waals surface area contributed by atoms with E-state index in [1.165, 1.54) is 0 Å². The van der Waals surface area contributed by atoms with Gasteiger partial charge in [0, 0.05) is 18.4 Å². The minimum atomic E-state index is 0.243. The van der Waals surface area contributed by atoms with Crippen LogP contribution in [0.25, 0.3) is 0 Å². The first-order valence-electron chi connectivity index (χ1n) is 3.11. The van der Waals surface area contributed by atoms with E-state index in [0.717, 1.165) is 12.1 Å². The zero-order valence-corrected chi connectivity index (χ0v) is 5.97. The molecule has 1 aliphatic carbocycles. The van der Waals surface area contributed by atoms with Crippen molar-refractivity contribution in [2.75, 3.05) is 0 Å². The van der Waals surface area contributed by atoms with Gasteiger partial charge in [-0.3, -0.25) is 0 Å². The molecule has 2 aliphatic rings. The van der Waals surface area contributed by atoms with Crippen molar-refractivity contribution >= 4 is 16.8 Å². The number of allylic oxidation sites excluding steroid dienone is 2. The molecule has 0 aromatic heterocycles. The maximum atomic E-state index is 8.99. The van der Waals surface area contributed by atoms with Crippen LogP contribution in [0.4, 0.5) is 0 Å². The number of hydrogen-bond donors (Lipinski definition) is 1. The van der Waals surface area contributed by atoms with Gasteiger partial charge in [-0.25, -0.2) is 4.99 Å². The van der Waals surface area contributed by atoms with Crippen LogP contribution in [-0.4, -0.2) is 10.3 Å². The van der Waals surface area contributed by atoms with E-state index in [9.17, 15) is 0 Å². The van der Waals surface area contributed by atoms with Gasteiger partial charge in [-0.05, 0) is 6.08 Å². The first kappa shape index (κ1) is 5.98. The highest BCUT2D eigenvalue weighted by atomic mass is 35.5. The second-order valence-electron chi connectivity index (χ2n) is 2.46. The molecule has 0 aromatic carbocycles. The molecular formula is C7H6ClNO. The number of rotatable bonds is 0. The van der Waals surface area contributed by atoms with E-state index >= 15 is 0 Å². The molecule has 2 rings (SSSR count). The Morgan fingerprint density at radius 1 is 1.70 bits per heavy atom. The molecule has 3 heteroatoms. The molecular weight excluding hydrogens is 150 g/mol. The third kappa shape index (κ3) is 0.762. The smallest absolute Gasteiger partial charge is 0.114 e. The second-order valence-corrected chi connectivity index (χ2v) is 2.90. The maximum absolute atomic E-state index is 8.99. The normalized spacial score (nSPS) is 29.3. The zero-order chi connectivity index (χ0) is 7.14. The molecule has 0 radical (unpaired) electrons. The molecule has 2 nitrogen and oxygen atoms in total. The minimum Gasteiger partial charge on any atom is -0.508 e. The summed E-state index contributed by atoms with van der Waals surface area (Å²) in [5, 5.41) is 9.63. The molecule has 1 atom stereocenters. The fourth-order valence-electron chi connectivity index (χ4n) is 1.24. The Kier molecular flexibility index (Phi) is 1.11. The van der Waals surface area contributed by atoms with E-state index in [4.69, 9.17) is 16.7 Å². The van der Waals surface area contributed by atoms with Gasteiger partial charge in [0.15, 0.2) is 0 Å². The minimum absolute atomic E-state index is 0.243. The Morgan fingerprint density at radius 3 is 3.20 bits per heavy atom. The highest BCUT2D eigenvalue weighted by molar-refractivity contribution is 6.65. The number of nitrogens with zero attached hydrogens (tertiary/aromatic N) is 1. The Morgan fingerprint density at radius 2 is 2.50 bits per heavy atom. The van der Waals surface area contributed by atoms with Gasteiger partial charge < -0.3 is 5.11 Å². The highest BCUT2D eigenvalue weighted by Crippen LogP contribution is 2.33. The van der Waals surface area contributed by atoms with Gasteiger partial charge in [0.25, 0.3) is 0 Å². The van der Waals surface area contributed by atoms with Gasteiger partial charge in [0.05, 0.1) is 5.70 Å². The Hall–Kier alpha value is -0.760. The van der Waals surface area contributed by atoms with Gasteiger partial charge in [-0.15, -0.1) is 0 Å². The lowest BCUT2D eigenvalue weighted by molar-refractivity contribution is 0.432. The second kappa shape index (κ2) is 1.86. The topological polar surface area (TPSA) is 32.6 Å². The van der Waals surface area contributed by atoms with Crippen molar-refractivity contribution in [1.82, 2.24) is 0 Å². The standard InChI is InChI=1S/C7H6ClNO/c8-7-2-4-1-5(10)3-6(4)9-7/h1,3-4,10H,2H2. The van der Waals surface area contributed by atoms with Crippen molar-refractivity contribution in [3.63, 3.8) is 0 Å². The summed E-state index contributed by atoms with van der Waals surface area (Å²) in [5.41, 5.74) is 0.891.